The fourth-order valence-electron chi connectivity index (χ4n) is 2.84. The maximum absolute atomic E-state index is 5.81. The van der Waals surface area contributed by atoms with E-state index in [4.69, 9.17) is 16.6 Å². The number of thiocarbonyl (C=S) groups is 1. The van der Waals surface area contributed by atoms with Crippen LogP contribution < -0.4 is 10.6 Å². The van der Waals surface area contributed by atoms with Gasteiger partial charge in [0.25, 0.3) is 0 Å². The van der Waals surface area contributed by atoms with E-state index in [-0.39, 0.29) is 0 Å². The molecule has 0 spiro atoms. The second-order valence-electron chi connectivity index (χ2n) is 6.94. The second kappa shape index (κ2) is 12.9. The highest BCUT2D eigenvalue weighted by Gasteiger charge is 2.04. The highest BCUT2D eigenvalue weighted by molar-refractivity contribution is 7.98. The predicted molar refractivity (Wildman–Crippen MR) is 122 cm³/mol. The first kappa shape index (κ1) is 22.8. The molecule has 0 aromatic carbocycles. The van der Waals surface area contributed by atoms with Gasteiger partial charge in [-0.2, -0.15) is 11.8 Å². The van der Waals surface area contributed by atoms with Gasteiger partial charge in [-0.15, -0.1) is 0 Å². The molecule has 2 N–H and O–H groups in total. The predicted octanol–water partition coefficient (Wildman–Crippen LogP) is 3.28. The fourth-order valence-corrected chi connectivity index (χ4v) is 3.79. The van der Waals surface area contributed by atoms with Crippen molar-refractivity contribution in [3.63, 3.8) is 0 Å². The monoisotopic (exact) mass is 423 g/mol. The number of thioether (sulfide) groups is 1. The summed E-state index contributed by atoms with van der Waals surface area (Å²) in [5.41, 5.74) is 0. The summed E-state index contributed by atoms with van der Waals surface area (Å²) in [6.07, 6.45) is 7.12. The number of nitrogens with zero attached hydrogens (tertiary/aromatic N) is 3. The molecule has 0 aliphatic rings. The maximum atomic E-state index is 5.81. The van der Waals surface area contributed by atoms with Gasteiger partial charge in [-0.25, -0.2) is 4.98 Å². The lowest BCUT2D eigenvalue weighted by Gasteiger charge is -2.11. The highest BCUT2D eigenvalue weighted by Crippen LogP contribution is 2.15. The summed E-state index contributed by atoms with van der Waals surface area (Å²) in [6, 6.07) is 4.13. The van der Waals surface area contributed by atoms with Crippen LogP contribution in [0.25, 0.3) is 0 Å². The van der Waals surface area contributed by atoms with E-state index in [0.717, 1.165) is 79.4 Å². The van der Waals surface area contributed by atoms with E-state index in [1.807, 2.05) is 32.1 Å². The molecule has 0 bridgehead atoms. The van der Waals surface area contributed by atoms with Gasteiger partial charge in [0.1, 0.15) is 17.3 Å². The SMILES string of the molecule is CCc1nccn1CCCCNC(=S)NCCSCc1ccc(CN(C)C)o1. The van der Waals surface area contributed by atoms with Crippen LogP contribution in [0.2, 0.25) is 0 Å². The van der Waals surface area contributed by atoms with E-state index in [9.17, 15) is 0 Å². The second-order valence-corrected chi connectivity index (χ2v) is 8.45. The van der Waals surface area contributed by atoms with Crippen molar-refractivity contribution in [3.8, 4) is 0 Å². The molecule has 0 aliphatic heterocycles. The van der Waals surface area contributed by atoms with Crippen LogP contribution in [0, 0.1) is 0 Å². The number of unbranched alkanes of at least 4 members (excludes halogenated alkanes) is 1. The van der Waals surface area contributed by atoms with Crippen LogP contribution in [-0.4, -0.2) is 52.5 Å². The van der Waals surface area contributed by atoms with Crippen molar-refractivity contribution in [2.24, 2.45) is 0 Å². The van der Waals surface area contributed by atoms with Crippen molar-refractivity contribution in [1.82, 2.24) is 25.1 Å². The number of hydrogen-bond donors (Lipinski definition) is 2. The summed E-state index contributed by atoms with van der Waals surface area (Å²) < 4.78 is 8.05. The molecule has 0 unspecified atom stereocenters. The number of aromatic nitrogens is 2. The van der Waals surface area contributed by atoms with Crippen molar-refractivity contribution in [3.05, 3.63) is 41.9 Å². The van der Waals surface area contributed by atoms with E-state index < -0.39 is 0 Å². The van der Waals surface area contributed by atoms with Gasteiger partial charge < -0.3 is 24.5 Å². The minimum atomic E-state index is 0.740. The van der Waals surface area contributed by atoms with Gasteiger partial charge in [-0.3, -0.25) is 0 Å². The van der Waals surface area contributed by atoms with Gasteiger partial charge in [0.15, 0.2) is 5.11 Å². The Balaban J connectivity index is 1.46. The molecule has 0 amide bonds. The number of imidazole rings is 1. The first-order valence-corrected chi connectivity index (χ1v) is 11.5. The molecule has 156 valence electrons. The van der Waals surface area contributed by atoms with Crippen molar-refractivity contribution >= 4 is 29.1 Å². The van der Waals surface area contributed by atoms with Crippen molar-refractivity contribution in [2.75, 3.05) is 32.9 Å². The van der Waals surface area contributed by atoms with Gasteiger partial charge in [0.05, 0.1) is 12.3 Å². The zero-order valence-electron chi connectivity index (χ0n) is 17.2. The maximum Gasteiger partial charge on any atom is 0.166 e. The van der Waals surface area contributed by atoms with Crippen LogP contribution in [0.3, 0.4) is 0 Å². The molecule has 0 radical (unpaired) electrons. The van der Waals surface area contributed by atoms with E-state index in [1.54, 1.807) is 0 Å². The standard InChI is InChI=1S/C20H33N5OS2/c1-4-19-21-10-13-25(19)12-6-5-9-22-20(27)23-11-14-28-16-18-8-7-17(26-18)15-24(2)3/h7-8,10,13H,4-6,9,11-12,14-16H2,1-3H3,(H2,22,23,27). The molecule has 0 saturated heterocycles. The number of hydrogen-bond acceptors (Lipinski definition) is 5. The minimum Gasteiger partial charge on any atom is -0.464 e. The average Bonchev–Trinajstić information content (AvgIpc) is 3.29. The lowest BCUT2D eigenvalue weighted by atomic mass is 10.3. The molecule has 0 saturated carbocycles. The van der Waals surface area contributed by atoms with Crippen LogP contribution in [0.1, 0.15) is 37.1 Å². The Labute approximate surface area is 178 Å². The Kier molecular flexibility index (Phi) is 10.5. The van der Waals surface area contributed by atoms with Crippen LogP contribution in [0.15, 0.2) is 28.9 Å². The first-order valence-electron chi connectivity index (χ1n) is 9.90. The molecule has 2 aromatic rings. The molecule has 0 aliphatic carbocycles. The third kappa shape index (κ3) is 8.67. The summed E-state index contributed by atoms with van der Waals surface area (Å²) >= 11 is 7.19. The van der Waals surface area contributed by atoms with Gasteiger partial charge in [0, 0.05) is 44.2 Å². The lowest BCUT2D eigenvalue weighted by Crippen LogP contribution is -2.37. The highest BCUT2D eigenvalue weighted by atomic mass is 32.2. The fraction of sp³-hybridized carbons (Fsp3) is 0.600. The van der Waals surface area contributed by atoms with Crippen molar-refractivity contribution < 1.29 is 4.42 Å². The zero-order valence-corrected chi connectivity index (χ0v) is 18.9. The number of aryl methyl sites for hydroxylation is 2. The number of furan rings is 1. The van der Waals surface area contributed by atoms with E-state index in [2.05, 4.69) is 50.3 Å². The Morgan fingerprint density at radius 1 is 1.21 bits per heavy atom. The lowest BCUT2D eigenvalue weighted by molar-refractivity contribution is 0.344. The van der Waals surface area contributed by atoms with Gasteiger partial charge in [-0.1, -0.05) is 6.92 Å². The molecule has 6 nitrogen and oxygen atoms in total. The molecule has 8 heteroatoms. The third-order valence-electron chi connectivity index (χ3n) is 4.19. The van der Waals surface area contributed by atoms with Crippen LogP contribution in [0.5, 0.6) is 0 Å². The average molecular weight is 424 g/mol. The Morgan fingerprint density at radius 3 is 2.79 bits per heavy atom. The van der Waals surface area contributed by atoms with E-state index in [0.29, 0.717) is 0 Å². The van der Waals surface area contributed by atoms with Crippen LogP contribution in [0.4, 0.5) is 0 Å². The number of nitrogens with one attached hydrogen (secondary N) is 2. The summed E-state index contributed by atoms with van der Waals surface area (Å²) in [5, 5.41) is 7.29. The van der Waals surface area contributed by atoms with Crippen molar-refractivity contribution in [2.45, 2.75) is 45.0 Å². The molecular formula is C20H33N5OS2. The van der Waals surface area contributed by atoms with Crippen LogP contribution in [-0.2, 0) is 25.3 Å². The molecule has 0 atom stereocenters. The smallest absolute Gasteiger partial charge is 0.166 e. The zero-order chi connectivity index (χ0) is 20.2. The van der Waals surface area contributed by atoms with E-state index >= 15 is 0 Å². The summed E-state index contributed by atoms with van der Waals surface area (Å²) in [6.45, 7) is 5.76. The molecule has 2 aromatic heterocycles. The van der Waals surface area contributed by atoms with Gasteiger partial charge in [-0.05, 0) is 51.3 Å². The Bertz CT molecular complexity index is 698. The summed E-state index contributed by atoms with van der Waals surface area (Å²) in [5.74, 6) is 5.09. The Hall–Kier alpha value is -1.51. The van der Waals surface area contributed by atoms with Crippen LogP contribution >= 0.6 is 24.0 Å². The molecule has 2 heterocycles. The first-order chi connectivity index (χ1) is 13.6. The minimum absolute atomic E-state index is 0.740. The summed E-state index contributed by atoms with van der Waals surface area (Å²) in [7, 11) is 4.09. The number of rotatable bonds is 13. The van der Waals surface area contributed by atoms with Gasteiger partial charge >= 0.3 is 0 Å². The summed E-state index contributed by atoms with van der Waals surface area (Å²) in [4.78, 5) is 6.45. The normalized spacial score (nSPS) is 11.1. The molecule has 28 heavy (non-hydrogen) atoms. The third-order valence-corrected chi connectivity index (χ3v) is 5.47. The van der Waals surface area contributed by atoms with Crippen molar-refractivity contribution in [1.29, 1.82) is 0 Å². The quantitative estimate of drug-likeness (QED) is 0.379. The molecular weight excluding hydrogens is 390 g/mol. The largest absolute Gasteiger partial charge is 0.464 e. The Morgan fingerprint density at radius 2 is 2.00 bits per heavy atom. The molecule has 2 rings (SSSR count). The molecule has 0 fully saturated rings. The van der Waals surface area contributed by atoms with Gasteiger partial charge in [0.2, 0.25) is 0 Å². The van der Waals surface area contributed by atoms with E-state index in [1.165, 1.54) is 0 Å². The topological polar surface area (TPSA) is 58.3 Å².